The van der Waals surface area contributed by atoms with Crippen molar-refractivity contribution >= 4 is 44.9 Å². The summed E-state index contributed by atoms with van der Waals surface area (Å²) in [7, 11) is 0. The Morgan fingerprint density at radius 3 is 2.48 bits per heavy atom. The van der Waals surface area contributed by atoms with E-state index >= 15 is 4.79 Å². The molecule has 42 heavy (non-hydrogen) atoms. The van der Waals surface area contributed by atoms with Crippen LogP contribution in [0, 0.1) is 17.1 Å². The quantitative estimate of drug-likeness (QED) is 0.261. The van der Waals surface area contributed by atoms with Crippen LogP contribution in [-0.4, -0.2) is 21.2 Å². The van der Waals surface area contributed by atoms with Crippen LogP contribution in [0.25, 0.3) is 5.82 Å². The number of benzene rings is 2. The fraction of sp³-hybridized carbons (Fsp3) is 0.152. The number of rotatable bonds is 4. The predicted molar refractivity (Wildman–Crippen MR) is 159 cm³/mol. The molecule has 0 radical (unpaired) electrons. The van der Waals surface area contributed by atoms with Crippen molar-refractivity contribution < 1.29 is 14.0 Å². The van der Waals surface area contributed by atoms with Gasteiger partial charge in [0, 0.05) is 57.6 Å². The maximum absolute atomic E-state index is 15.0. The molecular formula is C33H23BrFN5O2. The molecule has 0 saturated heterocycles. The van der Waals surface area contributed by atoms with Crippen LogP contribution in [0.3, 0.4) is 0 Å². The zero-order valence-electron chi connectivity index (χ0n) is 22.3. The van der Waals surface area contributed by atoms with Crippen molar-refractivity contribution in [3.05, 3.63) is 130 Å². The molecule has 2 aromatic carbocycles. The summed E-state index contributed by atoms with van der Waals surface area (Å²) in [6.07, 6.45) is 6.64. The molecule has 3 aliphatic rings. The number of allylic oxidation sites excluding steroid dienone is 1. The lowest BCUT2D eigenvalue weighted by molar-refractivity contribution is -0.124. The summed E-state index contributed by atoms with van der Waals surface area (Å²) in [4.78, 5) is 37.1. The maximum atomic E-state index is 15.0. The van der Waals surface area contributed by atoms with Crippen molar-refractivity contribution in [2.24, 2.45) is 0 Å². The standard InChI is InChI=1S/C33H23BrFN5O2/c34-22-14-15-29(37-19-22)40-27-12-7-13-28(41)30(27)33(24(18-36)31(40)38-16-5-6-17-38)23-9-2-4-11-26(23)39(32(33)42)20-21-8-1-3-10-25(21)35/h1-6,8-11,14-17,19H,7,12-13,20H2/t33-/m1/s1. The minimum Gasteiger partial charge on any atom is -0.309 e. The molecular weight excluding hydrogens is 597 g/mol. The first-order chi connectivity index (χ1) is 20.5. The Balaban J connectivity index is 1.57. The van der Waals surface area contributed by atoms with Crippen LogP contribution in [0.15, 0.2) is 113 Å². The van der Waals surface area contributed by atoms with Gasteiger partial charge in [-0.05, 0) is 65.2 Å². The number of anilines is 2. The van der Waals surface area contributed by atoms with E-state index in [1.165, 1.54) is 11.0 Å². The number of amides is 1. The summed E-state index contributed by atoms with van der Waals surface area (Å²) in [6, 6.07) is 23.3. The zero-order valence-corrected chi connectivity index (χ0v) is 23.9. The molecule has 206 valence electrons. The number of nitriles is 1. The molecule has 2 aromatic heterocycles. The SMILES string of the molecule is N#CC1=C(n2cccc2)N(c2ccc(Br)cn2)C2=C(C(=O)CCC2)[C@]12C(=O)N(Cc1ccccc1F)c1ccccc12. The third-order valence-corrected chi connectivity index (χ3v) is 8.66. The number of pyridine rings is 1. The molecule has 0 fully saturated rings. The number of fused-ring (bicyclic) bond motifs is 3. The number of hydrogen-bond acceptors (Lipinski definition) is 5. The van der Waals surface area contributed by atoms with Crippen LogP contribution in [0.1, 0.15) is 30.4 Å². The van der Waals surface area contributed by atoms with Gasteiger partial charge in [-0.3, -0.25) is 14.5 Å². The van der Waals surface area contributed by atoms with Crippen molar-refractivity contribution in [1.29, 1.82) is 5.26 Å². The van der Waals surface area contributed by atoms with Crippen molar-refractivity contribution in [2.45, 2.75) is 31.2 Å². The summed E-state index contributed by atoms with van der Waals surface area (Å²) in [5.41, 5.74) is 0.774. The Morgan fingerprint density at radius 2 is 1.74 bits per heavy atom. The lowest BCUT2D eigenvalue weighted by atomic mass is 9.63. The Labute approximate surface area is 249 Å². The molecule has 0 bridgehead atoms. The van der Waals surface area contributed by atoms with Gasteiger partial charge in [-0.1, -0.05) is 36.4 Å². The summed E-state index contributed by atoms with van der Waals surface area (Å²) in [6.45, 7) is -0.0450. The van der Waals surface area contributed by atoms with Crippen molar-refractivity contribution in [3.63, 3.8) is 0 Å². The predicted octanol–water partition coefficient (Wildman–Crippen LogP) is 6.49. The monoisotopic (exact) mass is 619 g/mol. The number of halogens is 2. The first-order valence-corrected chi connectivity index (χ1v) is 14.4. The van der Waals surface area contributed by atoms with Crippen LogP contribution in [-0.2, 0) is 21.5 Å². The Morgan fingerprint density at radius 1 is 0.976 bits per heavy atom. The smallest absolute Gasteiger partial charge is 0.248 e. The molecule has 0 saturated carbocycles. The van der Waals surface area contributed by atoms with Gasteiger partial charge < -0.3 is 9.47 Å². The van der Waals surface area contributed by atoms with E-state index in [9.17, 15) is 14.4 Å². The van der Waals surface area contributed by atoms with Crippen LogP contribution in [0.2, 0.25) is 0 Å². The lowest BCUT2D eigenvalue weighted by Gasteiger charge is -2.44. The van der Waals surface area contributed by atoms with E-state index in [0.717, 1.165) is 4.47 Å². The molecule has 1 aliphatic carbocycles. The number of nitrogens with zero attached hydrogens (tertiary/aromatic N) is 5. The second-order valence-corrected chi connectivity index (χ2v) is 11.3. The first-order valence-electron chi connectivity index (χ1n) is 13.6. The summed E-state index contributed by atoms with van der Waals surface area (Å²) >= 11 is 3.45. The minimum absolute atomic E-state index is 0.0450. The molecule has 0 unspecified atom stereocenters. The van der Waals surface area contributed by atoms with E-state index in [4.69, 9.17) is 0 Å². The van der Waals surface area contributed by atoms with Gasteiger partial charge in [-0.15, -0.1) is 0 Å². The van der Waals surface area contributed by atoms with Gasteiger partial charge in [-0.2, -0.15) is 5.26 Å². The van der Waals surface area contributed by atoms with E-state index < -0.39 is 17.1 Å². The third kappa shape index (κ3) is 3.65. The Kier molecular flexibility index (Phi) is 6.17. The van der Waals surface area contributed by atoms with Gasteiger partial charge in [0.1, 0.15) is 28.9 Å². The van der Waals surface area contributed by atoms with Crippen LogP contribution < -0.4 is 9.80 Å². The van der Waals surface area contributed by atoms with Gasteiger partial charge >= 0.3 is 0 Å². The van der Waals surface area contributed by atoms with E-state index in [2.05, 4.69) is 27.0 Å². The number of para-hydroxylation sites is 1. The van der Waals surface area contributed by atoms with E-state index in [0.29, 0.717) is 52.6 Å². The van der Waals surface area contributed by atoms with Crippen LogP contribution >= 0.6 is 15.9 Å². The highest BCUT2D eigenvalue weighted by Gasteiger charge is 2.62. The van der Waals surface area contributed by atoms with Crippen molar-refractivity contribution in [1.82, 2.24) is 9.55 Å². The van der Waals surface area contributed by atoms with E-state index in [1.807, 2.05) is 41.6 Å². The molecule has 9 heteroatoms. The third-order valence-electron chi connectivity index (χ3n) is 8.19. The molecule has 0 N–H and O–H groups in total. The second-order valence-electron chi connectivity index (χ2n) is 10.4. The van der Waals surface area contributed by atoms with E-state index in [-0.39, 0.29) is 24.3 Å². The summed E-state index contributed by atoms with van der Waals surface area (Å²) < 4.78 is 17.5. The van der Waals surface area contributed by atoms with Crippen LogP contribution in [0.4, 0.5) is 15.9 Å². The van der Waals surface area contributed by atoms with Gasteiger partial charge in [0.25, 0.3) is 0 Å². The van der Waals surface area contributed by atoms with Gasteiger partial charge in [0.2, 0.25) is 5.91 Å². The number of carbonyl (C=O) groups excluding carboxylic acids is 2. The second kappa shape index (κ2) is 9.93. The maximum Gasteiger partial charge on any atom is 0.248 e. The Hall–Kier alpha value is -4.81. The summed E-state index contributed by atoms with van der Waals surface area (Å²) in [5.74, 6) is -0.110. The highest BCUT2D eigenvalue weighted by molar-refractivity contribution is 9.10. The average molecular weight is 620 g/mol. The number of ketones is 1. The molecule has 1 atom stereocenters. The highest BCUT2D eigenvalue weighted by atomic mass is 79.9. The molecule has 4 aromatic rings. The van der Waals surface area contributed by atoms with Crippen molar-refractivity contribution in [3.8, 4) is 6.07 Å². The van der Waals surface area contributed by atoms with Gasteiger partial charge in [-0.25, -0.2) is 9.37 Å². The topological polar surface area (TPSA) is 82.2 Å². The number of Topliss-reactive ketones (excluding diaryl/α,β-unsaturated/α-hetero) is 1. The molecule has 7 rings (SSSR count). The fourth-order valence-electron chi connectivity index (χ4n) is 6.50. The number of aromatic nitrogens is 2. The average Bonchev–Trinajstić information content (AvgIpc) is 3.62. The van der Waals surface area contributed by atoms with Crippen molar-refractivity contribution in [2.75, 3.05) is 9.80 Å². The summed E-state index contributed by atoms with van der Waals surface area (Å²) in [5, 5.41) is 11.0. The molecule has 2 aliphatic heterocycles. The first kappa shape index (κ1) is 26.1. The molecule has 4 heterocycles. The van der Waals surface area contributed by atoms with Crippen LogP contribution in [0.5, 0.6) is 0 Å². The number of hydrogen-bond donors (Lipinski definition) is 0. The van der Waals surface area contributed by atoms with Gasteiger partial charge in [0.05, 0.1) is 12.1 Å². The highest BCUT2D eigenvalue weighted by Crippen LogP contribution is 2.58. The lowest BCUT2D eigenvalue weighted by Crippen LogP contribution is -2.51. The number of carbonyl (C=O) groups is 2. The largest absolute Gasteiger partial charge is 0.309 e. The zero-order chi connectivity index (χ0) is 29.0. The molecule has 1 amide bonds. The fourth-order valence-corrected chi connectivity index (χ4v) is 6.73. The van der Waals surface area contributed by atoms with E-state index in [1.54, 1.807) is 53.2 Å². The Bertz CT molecular complexity index is 1870. The normalized spacial score (nSPS) is 19.8. The molecule has 7 nitrogen and oxygen atoms in total. The molecule has 1 spiro atoms. The van der Waals surface area contributed by atoms with Gasteiger partial charge in [0.15, 0.2) is 5.78 Å². The minimum atomic E-state index is -1.70.